The summed E-state index contributed by atoms with van der Waals surface area (Å²) >= 11 is 5.23. The van der Waals surface area contributed by atoms with Crippen LogP contribution in [-0.4, -0.2) is 16.0 Å². The van der Waals surface area contributed by atoms with Crippen LogP contribution in [0.15, 0.2) is 45.0 Å². The largest absolute Gasteiger partial charge is 0.310 e. The topological polar surface area (TPSA) is 37.8 Å². The molecule has 1 aliphatic rings. The molecule has 3 rings (SSSR count). The Balaban J connectivity index is 1.69. The summed E-state index contributed by atoms with van der Waals surface area (Å²) in [4.78, 5) is 9.85. The molecule has 5 heteroatoms. The van der Waals surface area contributed by atoms with Gasteiger partial charge in [0.2, 0.25) is 0 Å². The SMILES string of the molecule is Cc1ccnc(Sc2ccc(CNC3CC3)cc2Br)n1. The fourth-order valence-electron chi connectivity index (χ4n) is 1.86. The molecule has 0 unspecified atom stereocenters. The van der Waals surface area contributed by atoms with Gasteiger partial charge < -0.3 is 5.32 Å². The molecule has 0 aliphatic heterocycles. The van der Waals surface area contributed by atoms with E-state index in [9.17, 15) is 0 Å². The molecule has 0 bridgehead atoms. The van der Waals surface area contributed by atoms with Crippen molar-refractivity contribution in [2.75, 3.05) is 0 Å². The molecule has 2 aromatic rings. The highest BCUT2D eigenvalue weighted by atomic mass is 79.9. The zero-order valence-corrected chi connectivity index (χ0v) is 13.7. The minimum atomic E-state index is 0.739. The van der Waals surface area contributed by atoms with Crippen molar-refractivity contribution in [1.82, 2.24) is 15.3 Å². The number of nitrogens with one attached hydrogen (secondary N) is 1. The molecule has 1 N–H and O–H groups in total. The van der Waals surface area contributed by atoms with E-state index in [1.165, 1.54) is 18.4 Å². The van der Waals surface area contributed by atoms with Crippen molar-refractivity contribution in [2.45, 2.75) is 42.4 Å². The molecule has 1 saturated carbocycles. The molecule has 1 heterocycles. The molecule has 0 atom stereocenters. The van der Waals surface area contributed by atoms with Gasteiger partial charge in [-0.15, -0.1) is 0 Å². The maximum absolute atomic E-state index is 4.42. The van der Waals surface area contributed by atoms with Crippen molar-refractivity contribution < 1.29 is 0 Å². The molecule has 3 nitrogen and oxygen atoms in total. The molecule has 104 valence electrons. The quantitative estimate of drug-likeness (QED) is 0.829. The van der Waals surface area contributed by atoms with Crippen molar-refractivity contribution in [3.63, 3.8) is 0 Å². The predicted molar refractivity (Wildman–Crippen MR) is 84.9 cm³/mol. The second kappa shape index (κ2) is 6.24. The van der Waals surface area contributed by atoms with E-state index in [0.29, 0.717) is 0 Å². The Labute approximate surface area is 131 Å². The second-order valence-corrected chi connectivity index (χ2v) is 6.87. The monoisotopic (exact) mass is 349 g/mol. The van der Waals surface area contributed by atoms with E-state index in [1.807, 2.05) is 13.0 Å². The molecular formula is C15H16BrN3S. The summed E-state index contributed by atoms with van der Waals surface area (Å²) in [6.07, 6.45) is 4.44. The molecule has 0 radical (unpaired) electrons. The highest BCUT2D eigenvalue weighted by Gasteiger charge is 2.20. The van der Waals surface area contributed by atoms with Crippen LogP contribution in [-0.2, 0) is 6.54 Å². The molecule has 1 aliphatic carbocycles. The lowest BCUT2D eigenvalue weighted by Gasteiger charge is -2.07. The van der Waals surface area contributed by atoms with Crippen LogP contribution in [0.2, 0.25) is 0 Å². The minimum Gasteiger partial charge on any atom is -0.310 e. The zero-order valence-electron chi connectivity index (χ0n) is 11.3. The van der Waals surface area contributed by atoms with Crippen LogP contribution in [0.4, 0.5) is 0 Å². The Morgan fingerprint density at radius 3 is 2.90 bits per heavy atom. The molecule has 0 spiro atoms. The van der Waals surface area contributed by atoms with Gasteiger partial charge in [-0.05, 0) is 71.2 Å². The van der Waals surface area contributed by atoms with E-state index in [2.05, 4.69) is 49.4 Å². The summed E-state index contributed by atoms with van der Waals surface area (Å²) in [5.74, 6) is 0. The third-order valence-corrected chi connectivity index (χ3v) is 5.02. The smallest absolute Gasteiger partial charge is 0.192 e. The molecular weight excluding hydrogens is 334 g/mol. The summed E-state index contributed by atoms with van der Waals surface area (Å²) in [5, 5.41) is 4.31. The Kier molecular flexibility index (Phi) is 4.38. The first kappa shape index (κ1) is 14.0. The van der Waals surface area contributed by atoms with Crippen LogP contribution < -0.4 is 5.32 Å². The Morgan fingerprint density at radius 2 is 2.20 bits per heavy atom. The lowest BCUT2D eigenvalue weighted by Crippen LogP contribution is -2.15. The van der Waals surface area contributed by atoms with E-state index in [1.54, 1.807) is 18.0 Å². The van der Waals surface area contributed by atoms with E-state index in [-0.39, 0.29) is 0 Å². The zero-order chi connectivity index (χ0) is 13.9. The summed E-state index contributed by atoms with van der Waals surface area (Å²) in [7, 11) is 0. The van der Waals surface area contributed by atoms with Crippen LogP contribution in [0.3, 0.4) is 0 Å². The third-order valence-electron chi connectivity index (χ3n) is 3.14. The van der Waals surface area contributed by atoms with Crippen LogP contribution in [0.1, 0.15) is 24.1 Å². The lowest BCUT2D eigenvalue weighted by molar-refractivity contribution is 0.687. The van der Waals surface area contributed by atoms with Crippen molar-refractivity contribution in [1.29, 1.82) is 0 Å². The highest BCUT2D eigenvalue weighted by molar-refractivity contribution is 9.10. The predicted octanol–water partition coefficient (Wildman–Crippen LogP) is 3.95. The van der Waals surface area contributed by atoms with Crippen LogP contribution in [0.5, 0.6) is 0 Å². The molecule has 1 aromatic carbocycles. The highest BCUT2D eigenvalue weighted by Crippen LogP contribution is 2.32. The van der Waals surface area contributed by atoms with Gasteiger partial charge in [-0.3, -0.25) is 0 Å². The Morgan fingerprint density at radius 1 is 1.35 bits per heavy atom. The number of benzene rings is 1. The van der Waals surface area contributed by atoms with Gasteiger partial charge in [-0.25, -0.2) is 9.97 Å². The fourth-order valence-corrected chi connectivity index (χ4v) is 3.32. The Bertz CT molecular complexity index is 614. The van der Waals surface area contributed by atoms with Crippen LogP contribution in [0.25, 0.3) is 0 Å². The first-order chi connectivity index (χ1) is 9.70. The van der Waals surface area contributed by atoms with Gasteiger partial charge in [0.1, 0.15) is 0 Å². The maximum atomic E-state index is 4.42. The number of nitrogens with zero attached hydrogens (tertiary/aromatic N) is 2. The second-order valence-electron chi connectivity index (χ2n) is 5.00. The summed E-state index contributed by atoms with van der Waals surface area (Å²) < 4.78 is 1.10. The first-order valence-electron chi connectivity index (χ1n) is 6.70. The van der Waals surface area contributed by atoms with Crippen molar-refractivity contribution in [3.8, 4) is 0 Å². The van der Waals surface area contributed by atoms with Gasteiger partial charge in [0, 0.05) is 33.8 Å². The van der Waals surface area contributed by atoms with Gasteiger partial charge in [0.25, 0.3) is 0 Å². The molecule has 20 heavy (non-hydrogen) atoms. The number of hydrogen-bond acceptors (Lipinski definition) is 4. The average molecular weight is 350 g/mol. The van der Waals surface area contributed by atoms with Crippen molar-refractivity contribution in [2.24, 2.45) is 0 Å². The fraction of sp³-hybridized carbons (Fsp3) is 0.333. The number of rotatable bonds is 5. The molecule has 1 aromatic heterocycles. The summed E-state index contributed by atoms with van der Waals surface area (Å²) in [6.45, 7) is 2.92. The number of hydrogen-bond donors (Lipinski definition) is 1. The van der Waals surface area contributed by atoms with Crippen LogP contribution in [0, 0.1) is 6.92 Å². The third kappa shape index (κ3) is 3.81. The van der Waals surface area contributed by atoms with E-state index in [0.717, 1.165) is 32.8 Å². The van der Waals surface area contributed by atoms with Gasteiger partial charge in [-0.1, -0.05) is 6.07 Å². The van der Waals surface area contributed by atoms with Gasteiger partial charge in [-0.2, -0.15) is 0 Å². The summed E-state index contributed by atoms with van der Waals surface area (Å²) in [5.41, 5.74) is 2.29. The first-order valence-corrected chi connectivity index (χ1v) is 8.31. The minimum absolute atomic E-state index is 0.739. The standard InChI is InChI=1S/C15H16BrN3S/c1-10-6-7-17-15(19-10)20-14-5-2-11(8-13(14)16)9-18-12-3-4-12/h2,5-8,12,18H,3-4,9H2,1H3. The van der Waals surface area contributed by atoms with Gasteiger partial charge in [0.05, 0.1) is 0 Å². The number of aromatic nitrogens is 2. The lowest BCUT2D eigenvalue weighted by atomic mass is 10.2. The maximum Gasteiger partial charge on any atom is 0.192 e. The molecule has 0 amide bonds. The van der Waals surface area contributed by atoms with Gasteiger partial charge >= 0.3 is 0 Å². The van der Waals surface area contributed by atoms with E-state index in [4.69, 9.17) is 0 Å². The van der Waals surface area contributed by atoms with Crippen molar-refractivity contribution >= 4 is 27.7 Å². The molecule has 1 fully saturated rings. The molecule has 0 saturated heterocycles. The normalized spacial score (nSPS) is 14.5. The van der Waals surface area contributed by atoms with E-state index < -0.39 is 0 Å². The Hall–Kier alpha value is -0.910. The van der Waals surface area contributed by atoms with E-state index >= 15 is 0 Å². The number of aryl methyl sites for hydroxylation is 1. The van der Waals surface area contributed by atoms with Gasteiger partial charge in [0.15, 0.2) is 5.16 Å². The van der Waals surface area contributed by atoms with Crippen LogP contribution >= 0.6 is 27.7 Å². The summed E-state index contributed by atoms with van der Waals surface area (Å²) in [6, 6.07) is 9.12. The number of halogens is 1. The van der Waals surface area contributed by atoms with Crippen molar-refractivity contribution in [3.05, 3.63) is 46.2 Å². The average Bonchev–Trinajstić information content (AvgIpc) is 3.23.